The molecule has 2 nitrogen and oxygen atoms in total. The molecular weight excluding hydrogens is 267 g/mol. The van der Waals surface area contributed by atoms with Gasteiger partial charge in [-0.25, -0.2) is 4.98 Å². The number of fused-ring (bicyclic) bond motifs is 1. The average Bonchev–Trinajstić information content (AvgIpc) is 2.27. The van der Waals surface area contributed by atoms with Gasteiger partial charge in [-0.3, -0.25) is 0 Å². The number of para-hydroxylation sites is 1. The van der Waals surface area contributed by atoms with Crippen molar-refractivity contribution in [3.8, 4) is 5.88 Å². The van der Waals surface area contributed by atoms with Crippen LogP contribution in [-0.4, -0.2) is 17.8 Å². The first-order valence-electron chi connectivity index (χ1n) is 5.12. The van der Waals surface area contributed by atoms with Crippen molar-refractivity contribution in [1.82, 2.24) is 4.98 Å². The van der Waals surface area contributed by atoms with E-state index >= 15 is 0 Å². The fraction of sp³-hybridized carbons (Fsp3) is 0.250. The van der Waals surface area contributed by atoms with Crippen LogP contribution in [0, 0.1) is 6.92 Å². The molecule has 1 heterocycles. The van der Waals surface area contributed by atoms with Crippen molar-refractivity contribution in [3.63, 3.8) is 0 Å². The zero-order valence-electron chi connectivity index (χ0n) is 9.38. The first-order valence-corrected chi connectivity index (χ1v) is 5.50. The number of halogens is 4. The number of alkyl halides is 3. The van der Waals surface area contributed by atoms with Crippen LogP contribution < -0.4 is 4.74 Å². The largest absolute Gasteiger partial charge is 0.468 e. The van der Waals surface area contributed by atoms with E-state index in [1.807, 2.05) is 0 Å². The molecule has 0 saturated heterocycles. The van der Waals surface area contributed by atoms with Gasteiger partial charge in [-0.1, -0.05) is 23.7 Å². The maximum atomic E-state index is 12.1. The second-order valence-electron chi connectivity index (χ2n) is 3.82. The Balaban J connectivity index is 2.39. The molecule has 0 bridgehead atoms. The number of ether oxygens (including phenoxy) is 1. The fourth-order valence-corrected chi connectivity index (χ4v) is 1.80. The fourth-order valence-electron chi connectivity index (χ4n) is 1.58. The van der Waals surface area contributed by atoms with Gasteiger partial charge in [0.15, 0.2) is 6.61 Å². The number of pyridine rings is 1. The summed E-state index contributed by atoms with van der Waals surface area (Å²) in [6.07, 6.45) is -4.38. The molecule has 6 heteroatoms. The Morgan fingerprint density at radius 2 is 2.06 bits per heavy atom. The first-order chi connectivity index (χ1) is 8.37. The van der Waals surface area contributed by atoms with Gasteiger partial charge in [0.05, 0.1) is 10.5 Å². The summed E-state index contributed by atoms with van der Waals surface area (Å²) >= 11 is 5.95. The molecule has 1 aromatic carbocycles. The van der Waals surface area contributed by atoms with Crippen molar-refractivity contribution in [2.45, 2.75) is 13.1 Å². The molecule has 0 aliphatic heterocycles. The molecule has 0 spiro atoms. The normalized spacial score (nSPS) is 11.8. The maximum Gasteiger partial charge on any atom is 0.422 e. The molecule has 1 aromatic heterocycles. The number of benzene rings is 1. The molecule has 0 amide bonds. The molecular formula is C12H9ClF3NO. The Morgan fingerprint density at radius 1 is 1.33 bits per heavy atom. The predicted octanol–water partition coefficient (Wildman–Crippen LogP) is 4.14. The van der Waals surface area contributed by atoms with Crippen LogP contribution in [0.15, 0.2) is 24.3 Å². The Hall–Kier alpha value is -1.49. The molecule has 2 rings (SSSR count). The SMILES string of the molecule is Cc1cc(OCC(F)(F)F)nc2c(Cl)cccc12. The van der Waals surface area contributed by atoms with Gasteiger partial charge in [0.25, 0.3) is 0 Å². The van der Waals surface area contributed by atoms with Gasteiger partial charge >= 0.3 is 6.18 Å². The van der Waals surface area contributed by atoms with Crippen molar-refractivity contribution in [1.29, 1.82) is 0 Å². The highest BCUT2D eigenvalue weighted by molar-refractivity contribution is 6.35. The third-order valence-electron chi connectivity index (χ3n) is 2.36. The van der Waals surface area contributed by atoms with E-state index in [2.05, 4.69) is 9.72 Å². The molecule has 0 unspecified atom stereocenters. The van der Waals surface area contributed by atoms with Gasteiger partial charge in [0.2, 0.25) is 5.88 Å². The van der Waals surface area contributed by atoms with Crippen LogP contribution in [0.5, 0.6) is 5.88 Å². The second-order valence-corrected chi connectivity index (χ2v) is 4.22. The molecule has 0 fully saturated rings. The van der Waals surface area contributed by atoms with Gasteiger partial charge in [0.1, 0.15) is 0 Å². The molecule has 0 aliphatic rings. The van der Waals surface area contributed by atoms with E-state index in [1.54, 1.807) is 25.1 Å². The summed E-state index contributed by atoms with van der Waals surface area (Å²) in [6.45, 7) is 0.399. The lowest BCUT2D eigenvalue weighted by Gasteiger charge is -2.10. The van der Waals surface area contributed by atoms with Crippen LogP contribution in [0.3, 0.4) is 0 Å². The van der Waals surface area contributed by atoms with Gasteiger partial charge in [-0.15, -0.1) is 0 Å². The van der Waals surface area contributed by atoms with Crippen molar-refractivity contribution in [2.24, 2.45) is 0 Å². The quantitative estimate of drug-likeness (QED) is 0.822. The molecule has 96 valence electrons. The number of hydrogen-bond donors (Lipinski definition) is 0. The molecule has 0 aliphatic carbocycles. The molecule has 0 N–H and O–H groups in total. The standard InChI is InChI=1S/C12H9ClF3NO/c1-7-5-10(18-6-12(14,15)16)17-11-8(7)3-2-4-9(11)13/h2-5H,6H2,1H3. The van der Waals surface area contributed by atoms with Crippen LogP contribution in [-0.2, 0) is 0 Å². The van der Waals surface area contributed by atoms with E-state index in [1.165, 1.54) is 6.07 Å². The van der Waals surface area contributed by atoms with E-state index in [9.17, 15) is 13.2 Å². The molecule has 0 atom stereocenters. The smallest absolute Gasteiger partial charge is 0.422 e. The first kappa shape index (κ1) is 13.0. The minimum Gasteiger partial charge on any atom is -0.468 e. The molecule has 0 radical (unpaired) electrons. The van der Waals surface area contributed by atoms with Gasteiger partial charge in [0, 0.05) is 11.5 Å². The van der Waals surface area contributed by atoms with Crippen molar-refractivity contribution in [3.05, 3.63) is 34.9 Å². The zero-order valence-corrected chi connectivity index (χ0v) is 10.1. The lowest BCUT2D eigenvalue weighted by molar-refractivity contribution is -0.154. The molecule has 0 saturated carbocycles. The second kappa shape index (κ2) is 4.65. The summed E-state index contributed by atoms with van der Waals surface area (Å²) in [4.78, 5) is 3.98. The van der Waals surface area contributed by atoms with E-state index in [4.69, 9.17) is 11.6 Å². The van der Waals surface area contributed by atoms with Crippen molar-refractivity contribution >= 4 is 22.5 Å². The number of aryl methyl sites for hydroxylation is 1. The average molecular weight is 276 g/mol. The monoisotopic (exact) mass is 275 g/mol. The Bertz CT molecular complexity index is 583. The van der Waals surface area contributed by atoms with Gasteiger partial charge in [-0.05, 0) is 18.6 Å². The summed E-state index contributed by atoms with van der Waals surface area (Å²) in [7, 11) is 0. The highest BCUT2D eigenvalue weighted by Crippen LogP contribution is 2.27. The van der Waals surface area contributed by atoms with E-state index < -0.39 is 12.8 Å². The highest BCUT2D eigenvalue weighted by atomic mass is 35.5. The lowest BCUT2D eigenvalue weighted by Crippen LogP contribution is -2.19. The van der Waals surface area contributed by atoms with Crippen LogP contribution in [0.1, 0.15) is 5.56 Å². The lowest BCUT2D eigenvalue weighted by atomic mass is 10.1. The third-order valence-corrected chi connectivity index (χ3v) is 2.66. The van der Waals surface area contributed by atoms with Gasteiger partial charge in [-0.2, -0.15) is 13.2 Å². The van der Waals surface area contributed by atoms with Gasteiger partial charge < -0.3 is 4.74 Å². The summed E-state index contributed by atoms with van der Waals surface area (Å²) in [5.41, 5.74) is 1.20. The number of nitrogens with zero attached hydrogens (tertiary/aromatic N) is 1. The topological polar surface area (TPSA) is 22.1 Å². The Kier molecular flexibility index (Phi) is 3.34. The number of aromatic nitrogens is 1. The van der Waals surface area contributed by atoms with Crippen LogP contribution in [0.25, 0.3) is 10.9 Å². The summed E-state index contributed by atoms with van der Waals surface area (Å²) < 4.78 is 40.8. The third kappa shape index (κ3) is 2.85. The zero-order chi connectivity index (χ0) is 13.3. The van der Waals surface area contributed by atoms with Crippen LogP contribution >= 0.6 is 11.6 Å². The van der Waals surface area contributed by atoms with E-state index in [0.717, 1.165) is 10.9 Å². The number of hydrogen-bond acceptors (Lipinski definition) is 2. The van der Waals surface area contributed by atoms with Crippen molar-refractivity contribution < 1.29 is 17.9 Å². The van der Waals surface area contributed by atoms with Crippen molar-refractivity contribution in [2.75, 3.05) is 6.61 Å². The highest BCUT2D eigenvalue weighted by Gasteiger charge is 2.28. The minimum absolute atomic E-state index is 0.0783. The molecule has 2 aromatic rings. The van der Waals surface area contributed by atoms with E-state index in [0.29, 0.717) is 10.5 Å². The van der Waals surface area contributed by atoms with E-state index in [-0.39, 0.29) is 5.88 Å². The Morgan fingerprint density at radius 3 is 2.72 bits per heavy atom. The van der Waals surface area contributed by atoms with Crippen LogP contribution in [0.2, 0.25) is 5.02 Å². The summed E-state index contributed by atoms with van der Waals surface area (Å²) in [6, 6.07) is 6.65. The summed E-state index contributed by atoms with van der Waals surface area (Å²) in [5.74, 6) is -0.0783. The van der Waals surface area contributed by atoms with Crippen LogP contribution in [0.4, 0.5) is 13.2 Å². The number of rotatable bonds is 2. The predicted molar refractivity (Wildman–Crippen MR) is 63.0 cm³/mol. The maximum absolute atomic E-state index is 12.1. The molecule has 18 heavy (non-hydrogen) atoms. The Labute approximate surface area is 106 Å². The minimum atomic E-state index is -4.38. The summed E-state index contributed by atoms with van der Waals surface area (Å²) in [5, 5.41) is 1.18.